The minimum absolute atomic E-state index is 0.136. The van der Waals surface area contributed by atoms with E-state index in [0.29, 0.717) is 58.2 Å². The molecular formula is C40H42Cl2N10O3. The number of likely N-dealkylation sites (tertiary alicyclic amines) is 4. The number of aryl methyl sites for hydroxylation is 1. The molecule has 0 aliphatic carbocycles. The van der Waals surface area contributed by atoms with E-state index in [9.17, 15) is 9.59 Å². The molecule has 55 heavy (non-hydrogen) atoms. The summed E-state index contributed by atoms with van der Waals surface area (Å²) in [5, 5.41) is 5.90. The lowest BCUT2D eigenvalue weighted by molar-refractivity contribution is -0.158. The maximum Gasteiger partial charge on any atom is 0.237 e. The van der Waals surface area contributed by atoms with Crippen LogP contribution in [0.3, 0.4) is 0 Å². The van der Waals surface area contributed by atoms with Gasteiger partial charge in [-0.1, -0.05) is 59.6 Å². The number of carbonyl (C=O) groups excluding carboxylic acids is 2. The van der Waals surface area contributed by atoms with Crippen molar-refractivity contribution in [2.75, 3.05) is 59.5 Å². The first-order valence-electron chi connectivity index (χ1n) is 18.6. The molecule has 0 unspecified atom stereocenters. The molecule has 2 amide bonds. The summed E-state index contributed by atoms with van der Waals surface area (Å²) in [7, 11) is 1.60. The highest BCUT2D eigenvalue weighted by atomic mass is 35.5. The molecule has 0 N–H and O–H groups in total. The minimum Gasteiger partial charge on any atom is -0.480 e. The number of nitrogens with zero attached hydrogens (tertiary/aromatic N) is 10. The third kappa shape index (κ3) is 6.21. The molecule has 5 aromatic rings. The van der Waals surface area contributed by atoms with Crippen LogP contribution in [-0.2, 0) is 29.2 Å². The minimum atomic E-state index is 0.136. The Bertz CT molecular complexity index is 2350. The first-order chi connectivity index (χ1) is 26.5. The molecule has 4 aliphatic rings. The Morgan fingerprint density at radius 2 is 1.20 bits per heavy atom. The number of benzene rings is 2. The number of hydrogen-bond donors (Lipinski definition) is 0. The molecule has 4 aliphatic heterocycles. The molecular weight excluding hydrogens is 739 g/mol. The SMILES string of the molecule is CCn1nc(CN2CC3(C2)CN(C(C)=O)C3)c2ncc(-c3cccc(-c4cccc(-c5cnc(CN6CC7(C6)CN(C(C)=O)C7)c(OC)n5)c4Cl)c3Cl)nc21. The highest BCUT2D eigenvalue weighted by Gasteiger charge is 2.53. The predicted octanol–water partition coefficient (Wildman–Crippen LogP) is 5.28. The van der Waals surface area contributed by atoms with E-state index in [0.717, 1.165) is 86.0 Å². The van der Waals surface area contributed by atoms with E-state index in [1.165, 1.54) is 0 Å². The standard InChI is InChI=1S/C40H42Cl2N10O3/c1-5-52-37-36(32(47-52)14-48-16-39(17-48)20-50(21-39)24(2)53)44-13-30(45-37)28-10-6-8-26(34(28)41)27-9-7-11-29(35(27)42)31-12-43-33(38(46-31)55-4)15-49-18-40(19-49)22-51(23-40)25(3)54/h6-13H,5,14-23H2,1-4H3. The summed E-state index contributed by atoms with van der Waals surface area (Å²) in [4.78, 5) is 51.3. The number of rotatable bonds is 9. The molecule has 0 atom stereocenters. The Morgan fingerprint density at radius 3 is 1.71 bits per heavy atom. The number of methoxy groups -OCH3 is 1. The average molecular weight is 782 g/mol. The van der Waals surface area contributed by atoms with E-state index in [1.54, 1.807) is 33.4 Å². The smallest absolute Gasteiger partial charge is 0.237 e. The van der Waals surface area contributed by atoms with Crippen molar-refractivity contribution in [2.24, 2.45) is 10.8 Å². The van der Waals surface area contributed by atoms with Crippen LogP contribution in [0.15, 0.2) is 48.8 Å². The lowest BCUT2D eigenvalue weighted by atomic mass is 9.72. The molecule has 2 aromatic carbocycles. The van der Waals surface area contributed by atoms with Gasteiger partial charge in [-0.15, -0.1) is 0 Å². The molecule has 0 radical (unpaired) electrons. The number of halogens is 2. The summed E-state index contributed by atoms with van der Waals surface area (Å²) in [6.45, 7) is 14.3. The Labute approximate surface area is 329 Å². The van der Waals surface area contributed by atoms with Crippen molar-refractivity contribution in [2.45, 2.75) is 40.4 Å². The Kier molecular flexibility index (Phi) is 8.83. The first kappa shape index (κ1) is 36.0. The Morgan fingerprint density at radius 1 is 0.709 bits per heavy atom. The molecule has 2 spiro atoms. The lowest BCUT2D eigenvalue weighted by Gasteiger charge is -2.60. The summed E-state index contributed by atoms with van der Waals surface area (Å²) in [6.07, 6.45) is 3.50. The lowest BCUT2D eigenvalue weighted by Crippen LogP contribution is -2.72. The van der Waals surface area contributed by atoms with Crippen LogP contribution in [-0.4, -0.2) is 121 Å². The van der Waals surface area contributed by atoms with Gasteiger partial charge in [0.25, 0.3) is 0 Å². The van der Waals surface area contributed by atoms with Crippen molar-refractivity contribution < 1.29 is 14.3 Å². The largest absolute Gasteiger partial charge is 0.480 e. The van der Waals surface area contributed by atoms with Gasteiger partial charge in [-0.25, -0.2) is 19.6 Å². The fourth-order valence-corrected chi connectivity index (χ4v) is 9.61. The van der Waals surface area contributed by atoms with Gasteiger partial charge in [-0.2, -0.15) is 5.10 Å². The van der Waals surface area contributed by atoms with Crippen molar-refractivity contribution in [1.29, 1.82) is 0 Å². The molecule has 15 heteroatoms. The monoisotopic (exact) mass is 780 g/mol. The van der Waals surface area contributed by atoms with Crippen LogP contribution in [0.5, 0.6) is 5.88 Å². The van der Waals surface area contributed by atoms with Gasteiger partial charge in [-0.05, 0) is 6.92 Å². The van der Waals surface area contributed by atoms with Crippen molar-refractivity contribution in [1.82, 2.24) is 49.3 Å². The van der Waals surface area contributed by atoms with Gasteiger partial charge >= 0.3 is 0 Å². The number of ether oxygens (including phenoxy) is 1. The van der Waals surface area contributed by atoms with Crippen LogP contribution < -0.4 is 4.74 Å². The van der Waals surface area contributed by atoms with E-state index in [2.05, 4.69) is 9.80 Å². The summed E-state index contributed by atoms with van der Waals surface area (Å²) in [6, 6.07) is 11.6. The van der Waals surface area contributed by atoms with Crippen LogP contribution >= 0.6 is 23.2 Å². The molecule has 0 bridgehead atoms. The van der Waals surface area contributed by atoms with E-state index >= 15 is 0 Å². The topological polar surface area (TPSA) is 126 Å². The van der Waals surface area contributed by atoms with E-state index in [-0.39, 0.29) is 22.6 Å². The van der Waals surface area contributed by atoms with E-state index in [1.807, 2.05) is 57.8 Å². The van der Waals surface area contributed by atoms with E-state index < -0.39 is 0 Å². The Hall–Kier alpha value is -4.69. The summed E-state index contributed by atoms with van der Waals surface area (Å²) >= 11 is 14.3. The maximum absolute atomic E-state index is 11.7. The maximum atomic E-state index is 11.7. The van der Waals surface area contributed by atoms with Crippen LogP contribution in [0.1, 0.15) is 32.2 Å². The number of fused-ring (bicyclic) bond motifs is 1. The van der Waals surface area contributed by atoms with Crippen LogP contribution in [0.2, 0.25) is 10.0 Å². The molecule has 13 nitrogen and oxygen atoms in total. The van der Waals surface area contributed by atoms with Gasteiger partial charge in [0.1, 0.15) is 16.9 Å². The van der Waals surface area contributed by atoms with E-state index in [4.69, 9.17) is 53.0 Å². The fourth-order valence-electron chi connectivity index (χ4n) is 8.96. The normalized spacial score (nSPS) is 18.6. The number of aromatic nitrogens is 6. The molecule has 284 valence electrons. The number of amides is 2. The third-order valence-corrected chi connectivity index (χ3v) is 12.5. The highest BCUT2D eigenvalue weighted by Crippen LogP contribution is 2.44. The molecule has 9 rings (SSSR count). The molecule has 3 aromatic heterocycles. The molecule has 4 saturated heterocycles. The van der Waals surface area contributed by atoms with Gasteiger partial charge < -0.3 is 14.5 Å². The van der Waals surface area contributed by atoms with Crippen LogP contribution in [0, 0.1) is 10.8 Å². The van der Waals surface area contributed by atoms with Crippen molar-refractivity contribution in [3.8, 4) is 39.5 Å². The summed E-state index contributed by atoms with van der Waals surface area (Å²) in [5.74, 6) is 0.737. The zero-order valence-electron chi connectivity index (χ0n) is 31.3. The van der Waals surface area contributed by atoms with Crippen LogP contribution in [0.25, 0.3) is 44.8 Å². The number of carbonyl (C=O) groups is 2. The van der Waals surface area contributed by atoms with Gasteiger partial charge in [0.2, 0.25) is 17.7 Å². The zero-order chi connectivity index (χ0) is 38.2. The summed E-state index contributed by atoms with van der Waals surface area (Å²) < 4.78 is 7.60. The second-order valence-corrected chi connectivity index (χ2v) is 16.5. The number of hydrogen-bond acceptors (Lipinski definition) is 10. The van der Waals surface area contributed by atoms with Gasteiger partial charge in [0, 0.05) is 119 Å². The average Bonchev–Trinajstić information content (AvgIpc) is 3.45. The predicted molar refractivity (Wildman–Crippen MR) is 209 cm³/mol. The fraction of sp³-hybridized carbons (Fsp3) is 0.425. The van der Waals surface area contributed by atoms with Gasteiger partial charge in [-0.3, -0.25) is 24.4 Å². The molecule has 0 saturated carbocycles. The van der Waals surface area contributed by atoms with Crippen LogP contribution in [0.4, 0.5) is 0 Å². The second kappa shape index (κ2) is 13.5. The first-order valence-corrected chi connectivity index (χ1v) is 19.4. The molecule has 4 fully saturated rings. The second-order valence-electron chi connectivity index (χ2n) is 15.8. The quantitative estimate of drug-likeness (QED) is 0.195. The van der Waals surface area contributed by atoms with Crippen molar-refractivity contribution >= 4 is 46.2 Å². The molecule has 7 heterocycles. The van der Waals surface area contributed by atoms with Crippen molar-refractivity contribution in [3.63, 3.8) is 0 Å². The highest BCUT2D eigenvalue weighted by molar-refractivity contribution is 6.39. The van der Waals surface area contributed by atoms with Gasteiger partial charge in [0.05, 0.1) is 40.9 Å². The third-order valence-electron chi connectivity index (χ3n) is 11.6. The van der Waals surface area contributed by atoms with Crippen molar-refractivity contribution in [3.05, 3.63) is 70.2 Å². The Balaban J connectivity index is 0.936. The summed E-state index contributed by atoms with van der Waals surface area (Å²) in [5.41, 5.74) is 7.76. The zero-order valence-corrected chi connectivity index (χ0v) is 32.9. The van der Waals surface area contributed by atoms with Gasteiger partial charge in [0.15, 0.2) is 5.65 Å².